The first-order valence-corrected chi connectivity index (χ1v) is 12.0. The molecule has 3 amide bonds. The Balaban J connectivity index is 2.03. The van der Waals surface area contributed by atoms with Gasteiger partial charge in [-0.25, -0.2) is 9.59 Å². The van der Waals surface area contributed by atoms with Crippen LogP contribution in [0.5, 0.6) is 0 Å². The van der Waals surface area contributed by atoms with Gasteiger partial charge in [-0.3, -0.25) is 14.4 Å². The van der Waals surface area contributed by atoms with Crippen LogP contribution in [0, 0.1) is 11.8 Å². The van der Waals surface area contributed by atoms with Crippen LogP contribution in [0.15, 0.2) is 34.0 Å². The second-order valence-electron chi connectivity index (χ2n) is 8.47. The normalized spacial score (nSPS) is 20.5. The Labute approximate surface area is 207 Å². The number of allylic oxidation sites excluding steroid dienone is 1. The monoisotopic (exact) mass is 509 g/mol. The molecule has 35 heavy (non-hydrogen) atoms. The molecule has 0 unspecified atom stereocenters. The Morgan fingerprint density at radius 2 is 1.91 bits per heavy atom. The van der Waals surface area contributed by atoms with Gasteiger partial charge < -0.3 is 30.1 Å². The van der Waals surface area contributed by atoms with Gasteiger partial charge in [0.05, 0.1) is 18.1 Å². The maximum Gasteiger partial charge on any atom is 0.358 e. The third kappa shape index (κ3) is 7.18. The first-order chi connectivity index (χ1) is 16.5. The van der Waals surface area contributed by atoms with E-state index >= 15 is 0 Å². The van der Waals surface area contributed by atoms with E-state index in [1.54, 1.807) is 12.3 Å². The molecule has 3 N–H and O–H groups in total. The maximum absolute atomic E-state index is 12.8. The van der Waals surface area contributed by atoms with Crippen LogP contribution < -0.4 is 10.6 Å². The molecule has 0 aromatic rings. The molecule has 1 fully saturated rings. The maximum atomic E-state index is 12.8. The molecule has 0 bridgehead atoms. The lowest BCUT2D eigenvalue weighted by Gasteiger charge is -2.44. The van der Waals surface area contributed by atoms with Crippen molar-refractivity contribution in [2.45, 2.75) is 59.6 Å². The van der Waals surface area contributed by atoms with E-state index in [9.17, 15) is 29.1 Å². The minimum Gasteiger partial charge on any atom is -0.423 e. The molecule has 0 aromatic carbocycles. The summed E-state index contributed by atoms with van der Waals surface area (Å²) in [7, 11) is 0. The molecular formula is C23H31N3O8S. The first-order valence-electron chi connectivity index (χ1n) is 11.1. The second-order valence-corrected chi connectivity index (χ2v) is 9.47. The zero-order valence-corrected chi connectivity index (χ0v) is 21.1. The fourth-order valence-corrected chi connectivity index (χ4v) is 4.55. The van der Waals surface area contributed by atoms with Crippen LogP contribution in [-0.4, -0.2) is 58.6 Å². The Morgan fingerprint density at radius 3 is 2.49 bits per heavy atom. The summed E-state index contributed by atoms with van der Waals surface area (Å²) in [6.07, 6.45) is 2.44. The van der Waals surface area contributed by atoms with Gasteiger partial charge in [-0.05, 0) is 25.2 Å². The van der Waals surface area contributed by atoms with Crippen LogP contribution in [0.3, 0.4) is 0 Å². The predicted molar refractivity (Wildman–Crippen MR) is 126 cm³/mol. The highest BCUT2D eigenvalue weighted by molar-refractivity contribution is 8.05. The summed E-state index contributed by atoms with van der Waals surface area (Å²) in [5.41, 5.74) is -0.0780. The number of aliphatic hydroxyl groups is 1. The fourth-order valence-electron chi connectivity index (χ4n) is 3.69. The van der Waals surface area contributed by atoms with Crippen LogP contribution in [-0.2, 0) is 33.4 Å². The van der Waals surface area contributed by atoms with Crippen molar-refractivity contribution in [3.05, 3.63) is 34.0 Å². The third-order valence-corrected chi connectivity index (χ3v) is 6.12. The van der Waals surface area contributed by atoms with Crippen molar-refractivity contribution in [3.63, 3.8) is 0 Å². The van der Waals surface area contributed by atoms with Crippen LogP contribution in [0.1, 0.15) is 47.5 Å². The lowest BCUT2D eigenvalue weighted by Crippen LogP contribution is -2.61. The summed E-state index contributed by atoms with van der Waals surface area (Å²) < 4.78 is 10.0. The number of hydrogen-bond acceptors (Lipinski definition) is 9. The van der Waals surface area contributed by atoms with Gasteiger partial charge in [0.1, 0.15) is 11.4 Å². The summed E-state index contributed by atoms with van der Waals surface area (Å²) in [5, 5.41) is 16.4. The summed E-state index contributed by atoms with van der Waals surface area (Å²) in [6.45, 7) is 7.41. The molecular weight excluding hydrogens is 478 g/mol. The Hall–Kier alpha value is -3.12. The summed E-state index contributed by atoms with van der Waals surface area (Å²) >= 11 is 1.13. The predicted octanol–water partition coefficient (Wildman–Crippen LogP) is 1.26. The standard InChI is InChI=1S/C23H31N3O8S/c1-6-15(25-18(29)9-12(2)3)22(31)33-11-34-23(32)20-17(35-8-7-24-14(5)28)10-16-19(13(4)27)21(30)26(16)20/h6-8,12-13,16,19,27H,9-11H2,1-5H3,(H,24,28)(H,25,29)/b8-7+,15-6-/t13-,16+,19-/m0/s1. The topological polar surface area (TPSA) is 151 Å². The average molecular weight is 510 g/mol. The van der Waals surface area contributed by atoms with Gasteiger partial charge in [-0.2, -0.15) is 0 Å². The van der Waals surface area contributed by atoms with Gasteiger partial charge in [-0.1, -0.05) is 31.7 Å². The van der Waals surface area contributed by atoms with Gasteiger partial charge in [0, 0.05) is 30.9 Å². The highest BCUT2D eigenvalue weighted by Crippen LogP contribution is 2.47. The number of carbonyl (C=O) groups excluding carboxylic acids is 5. The molecule has 0 spiro atoms. The quantitative estimate of drug-likeness (QED) is 0.162. The van der Waals surface area contributed by atoms with Crippen LogP contribution in [0.4, 0.5) is 0 Å². The van der Waals surface area contributed by atoms with E-state index in [1.165, 1.54) is 31.0 Å². The zero-order chi connectivity index (χ0) is 26.3. The van der Waals surface area contributed by atoms with Gasteiger partial charge in [0.25, 0.3) is 0 Å². The number of esters is 2. The van der Waals surface area contributed by atoms with E-state index in [2.05, 4.69) is 10.6 Å². The van der Waals surface area contributed by atoms with E-state index in [1.807, 2.05) is 13.8 Å². The molecule has 11 nitrogen and oxygen atoms in total. The molecule has 0 saturated carbocycles. The summed E-state index contributed by atoms with van der Waals surface area (Å²) in [4.78, 5) is 62.3. The Kier molecular flexibility index (Phi) is 10.1. The second kappa shape index (κ2) is 12.5. The minimum atomic E-state index is -0.883. The molecule has 0 aliphatic carbocycles. The molecule has 2 rings (SSSR count). The number of nitrogens with one attached hydrogen (secondary N) is 2. The number of ether oxygens (including phenoxy) is 2. The smallest absolute Gasteiger partial charge is 0.358 e. The summed E-state index contributed by atoms with van der Waals surface area (Å²) in [5.74, 6) is -3.30. The van der Waals surface area contributed by atoms with Crippen LogP contribution in [0.25, 0.3) is 0 Å². The van der Waals surface area contributed by atoms with Crippen molar-refractivity contribution in [2.75, 3.05) is 6.79 Å². The lowest BCUT2D eigenvalue weighted by molar-refractivity contribution is -0.170. The van der Waals surface area contributed by atoms with Crippen molar-refractivity contribution < 1.29 is 38.6 Å². The number of β-lactam (4-membered cyclic amide) rings is 1. The van der Waals surface area contributed by atoms with Gasteiger partial charge in [0.2, 0.25) is 24.5 Å². The lowest BCUT2D eigenvalue weighted by atomic mass is 9.83. The molecule has 12 heteroatoms. The molecule has 2 heterocycles. The number of aliphatic hydroxyl groups excluding tert-OH is 1. The highest BCUT2D eigenvalue weighted by atomic mass is 32.2. The van der Waals surface area contributed by atoms with Gasteiger partial charge in [-0.15, -0.1) is 0 Å². The van der Waals surface area contributed by atoms with Crippen LogP contribution >= 0.6 is 11.8 Å². The van der Waals surface area contributed by atoms with Gasteiger partial charge in [0.15, 0.2) is 0 Å². The SMILES string of the molecule is C/C=C(\NC(=O)CC(C)C)C(=O)OCOC(=O)C1=C(S/C=C/NC(C)=O)C[C@@H]2[C@H]([C@H](C)O)C(=O)N12. The number of rotatable bonds is 11. The molecule has 0 aromatic heterocycles. The number of thioether (sulfide) groups is 1. The Bertz CT molecular complexity index is 970. The van der Waals surface area contributed by atoms with Crippen molar-refractivity contribution in [1.29, 1.82) is 0 Å². The molecule has 2 aliphatic rings. The first kappa shape index (κ1) is 28.1. The van der Waals surface area contributed by atoms with Crippen molar-refractivity contribution >= 4 is 41.4 Å². The van der Waals surface area contributed by atoms with E-state index in [0.29, 0.717) is 11.3 Å². The number of nitrogens with zero attached hydrogens (tertiary/aromatic N) is 1. The average Bonchev–Trinajstić information content (AvgIpc) is 3.07. The van der Waals surface area contributed by atoms with Crippen LogP contribution in [0.2, 0.25) is 0 Å². The minimum absolute atomic E-state index is 0.00178. The van der Waals surface area contributed by atoms with E-state index in [-0.39, 0.29) is 35.5 Å². The third-order valence-electron chi connectivity index (χ3n) is 5.20. The van der Waals surface area contributed by atoms with Crippen molar-refractivity contribution in [2.24, 2.45) is 11.8 Å². The van der Waals surface area contributed by atoms with Gasteiger partial charge >= 0.3 is 11.9 Å². The molecule has 3 atom stereocenters. The fraction of sp³-hybridized carbons (Fsp3) is 0.522. The van der Waals surface area contributed by atoms with Crippen molar-refractivity contribution in [3.8, 4) is 0 Å². The number of fused-ring (bicyclic) bond motifs is 1. The summed E-state index contributed by atoms with van der Waals surface area (Å²) in [6, 6.07) is -0.393. The van der Waals surface area contributed by atoms with E-state index in [0.717, 1.165) is 11.8 Å². The van der Waals surface area contributed by atoms with E-state index < -0.39 is 42.7 Å². The largest absolute Gasteiger partial charge is 0.423 e. The molecule has 2 aliphatic heterocycles. The van der Waals surface area contributed by atoms with Crippen molar-refractivity contribution in [1.82, 2.24) is 15.5 Å². The Morgan fingerprint density at radius 1 is 1.23 bits per heavy atom. The zero-order valence-electron chi connectivity index (χ0n) is 20.3. The molecule has 1 saturated heterocycles. The molecule has 192 valence electrons. The molecule has 0 radical (unpaired) electrons. The highest BCUT2D eigenvalue weighted by Gasteiger charge is 2.57. The number of carbonyl (C=O) groups is 5. The van der Waals surface area contributed by atoms with E-state index in [4.69, 9.17) is 9.47 Å². The number of hydrogen-bond donors (Lipinski definition) is 3. The number of amides is 3.